The molecule has 0 aliphatic heterocycles. The number of amides is 1. The van der Waals surface area contributed by atoms with Gasteiger partial charge in [0.2, 0.25) is 5.95 Å². The molecule has 0 spiro atoms. The maximum Gasteiger partial charge on any atom is 0.407 e. The lowest BCUT2D eigenvalue weighted by Gasteiger charge is -2.25. The number of aromatic nitrogens is 2. The van der Waals surface area contributed by atoms with Gasteiger partial charge in [-0.25, -0.2) is 37.1 Å². The van der Waals surface area contributed by atoms with E-state index in [1.54, 1.807) is 20.8 Å². The Morgan fingerprint density at radius 2 is 1.66 bits per heavy atom. The number of methoxy groups -OCH3 is 1. The minimum Gasteiger partial charge on any atom is -0.465 e. The molecule has 1 heterocycles. The van der Waals surface area contributed by atoms with Gasteiger partial charge in [0.15, 0.2) is 5.82 Å². The standard InChI is InChI=1S/C32H41FN4O6S/c1-19(2)17-23(34-31(39)43-32(5,6)7)15-16-25-27(33)28(26-20(3)11-9-12-21(26)4)36-30(35-25)37-44(40,41)24-14-10-13-22(18-24)29(38)42-8/h9-14,18-19,23H,15-17H2,1-8H3,(H,34,39)(H,35,36,37). The lowest BCUT2D eigenvalue weighted by atomic mass is 9.96. The molecule has 1 unspecified atom stereocenters. The third kappa shape index (κ3) is 9.22. The number of aryl methyl sites for hydroxylation is 3. The average Bonchev–Trinajstić information content (AvgIpc) is 2.91. The number of hydrogen-bond acceptors (Lipinski definition) is 8. The van der Waals surface area contributed by atoms with E-state index in [9.17, 15) is 18.0 Å². The SMILES string of the molecule is COC(=O)c1cccc(S(=O)(=O)Nc2nc(CCC(CC(C)C)NC(=O)OC(C)(C)C)c(F)c(-c3c(C)cccc3C)n2)c1. The van der Waals surface area contributed by atoms with E-state index in [4.69, 9.17) is 9.47 Å². The van der Waals surface area contributed by atoms with E-state index in [0.29, 0.717) is 18.4 Å². The Kier molecular flexibility index (Phi) is 11.1. The van der Waals surface area contributed by atoms with Crippen molar-refractivity contribution < 1.29 is 31.9 Å². The van der Waals surface area contributed by atoms with Crippen molar-refractivity contribution in [1.29, 1.82) is 0 Å². The average molecular weight is 629 g/mol. The summed E-state index contributed by atoms with van der Waals surface area (Å²) in [6, 6.07) is 10.4. The summed E-state index contributed by atoms with van der Waals surface area (Å²) in [5, 5.41) is 2.88. The Morgan fingerprint density at radius 3 is 2.25 bits per heavy atom. The summed E-state index contributed by atoms with van der Waals surface area (Å²) in [4.78, 5) is 32.9. The predicted molar refractivity (Wildman–Crippen MR) is 166 cm³/mol. The van der Waals surface area contributed by atoms with E-state index < -0.39 is 33.5 Å². The number of nitrogens with zero attached hydrogens (tertiary/aromatic N) is 2. The molecular formula is C32H41FN4O6S. The summed E-state index contributed by atoms with van der Waals surface area (Å²) in [6.45, 7) is 13.0. The van der Waals surface area contributed by atoms with E-state index in [2.05, 4.69) is 20.0 Å². The van der Waals surface area contributed by atoms with Crippen molar-refractivity contribution in [1.82, 2.24) is 15.3 Å². The quantitative estimate of drug-likeness (QED) is 0.234. The Labute approximate surface area is 258 Å². The lowest BCUT2D eigenvalue weighted by molar-refractivity contribution is 0.0494. The molecule has 44 heavy (non-hydrogen) atoms. The minimum atomic E-state index is -4.29. The second-order valence-corrected chi connectivity index (χ2v) is 13.7. The highest BCUT2D eigenvalue weighted by Gasteiger charge is 2.25. The van der Waals surface area contributed by atoms with Gasteiger partial charge in [-0.2, -0.15) is 0 Å². The van der Waals surface area contributed by atoms with Crippen LogP contribution in [0.2, 0.25) is 0 Å². The molecule has 1 amide bonds. The Morgan fingerprint density at radius 1 is 1.02 bits per heavy atom. The van der Waals surface area contributed by atoms with Crippen molar-refractivity contribution >= 4 is 28.0 Å². The van der Waals surface area contributed by atoms with Crippen LogP contribution in [0.3, 0.4) is 0 Å². The highest BCUT2D eigenvalue weighted by Crippen LogP contribution is 2.31. The number of hydrogen-bond donors (Lipinski definition) is 2. The first kappa shape index (κ1) is 34.4. The van der Waals surface area contributed by atoms with Crippen LogP contribution < -0.4 is 10.0 Å². The number of anilines is 1. The van der Waals surface area contributed by atoms with Crippen LogP contribution in [0, 0.1) is 25.6 Å². The number of sulfonamides is 1. The molecule has 0 fully saturated rings. The van der Waals surface area contributed by atoms with Gasteiger partial charge in [0, 0.05) is 11.6 Å². The van der Waals surface area contributed by atoms with E-state index in [-0.39, 0.29) is 46.2 Å². The first-order valence-corrected chi connectivity index (χ1v) is 15.8. The molecule has 0 aliphatic rings. The van der Waals surface area contributed by atoms with Crippen LogP contribution in [0.1, 0.15) is 74.6 Å². The first-order valence-electron chi connectivity index (χ1n) is 14.3. The zero-order chi connectivity index (χ0) is 32.8. The molecule has 1 aromatic heterocycles. The molecule has 3 aromatic rings. The summed E-state index contributed by atoms with van der Waals surface area (Å²) in [5.74, 6) is -1.49. The van der Waals surface area contributed by atoms with E-state index >= 15 is 4.39 Å². The number of halogens is 1. The number of nitrogens with one attached hydrogen (secondary N) is 2. The van der Waals surface area contributed by atoms with Gasteiger partial charge in [-0.1, -0.05) is 38.1 Å². The fourth-order valence-corrected chi connectivity index (χ4v) is 5.74. The monoisotopic (exact) mass is 628 g/mol. The van der Waals surface area contributed by atoms with Crippen LogP contribution in [-0.2, 0) is 25.9 Å². The normalized spacial score (nSPS) is 12.5. The van der Waals surface area contributed by atoms with E-state index in [1.165, 1.54) is 31.4 Å². The number of esters is 1. The van der Waals surface area contributed by atoms with Crippen LogP contribution in [-0.4, -0.2) is 49.2 Å². The molecule has 2 N–H and O–H groups in total. The number of benzene rings is 2. The smallest absolute Gasteiger partial charge is 0.407 e. The van der Waals surface area contributed by atoms with Crippen LogP contribution in [0.25, 0.3) is 11.3 Å². The molecule has 0 saturated carbocycles. The number of ether oxygens (including phenoxy) is 2. The molecule has 0 bridgehead atoms. The Balaban J connectivity index is 2.04. The first-order chi connectivity index (χ1) is 20.5. The summed E-state index contributed by atoms with van der Waals surface area (Å²) in [7, 11) is -3.09. The molecular weight excluding hydrogens is 587 g/mol. The zero-order valence-corrected chi connectivity index (χ0v) is 27.3. The molecule has 1 atom stereocenters. The van der Waals surface area contributed by atoms with Gasteiger partial charge in [0.25, 0.3) is 10.0 Å². The van der Waals surface area contributed by atoms with Gasteiger partial charge >= 0.3 is 12.1 Å². The molecule has 0 aliphatic carbocycles. The highest BCUT2D eigenvalue weighted by molar-refractivity contribution is 7.92. The van der Waals surface area contributed by atoms with Crippen molar-refractivity contribution in [3.05, 3.63) is 70.7 Å². The fourth-order valence-electron chi connectivity index (χ4n) is 4.75. The second-order valence-electron chi connectivity index (χ2n) is 12.1. The van der Waals surface area contributed by atoms with Crippen molar-refractivity contribution in [2.24, 2.45) is 5.92 Å². The van der Waals surface area contributed by atoms with Crippen molar-refractivity contribution in [3.63, 3.8) is 0 Å². The largest absolute Gasteiger partial charge is 0.465 e. The Hall–Kier alpha value is -4.06. The van der Waals surface area contributed by atoms with Gasteiger partial charge in [-0.15, -0.1) is 0 Å². The van der Waals surface area contributed by atoms with Crippen LogP contribution in [0.4, 0.5) is 15.1 Å². The third-order valence-corrected chi connectivity index (χ3v) is 7.96. The molecule has 12 heteroatoms. The molecule has 0 radical (unpaired) electrons. The number of carbonyl (C=O) groups is 2. The third-order valence-electron chi connectivity index (χ3n) is 6.64. The molecule has 2 aromatic carbocycles. The van der Waals surface area contributed by atoms with Crippen LogP contribution in [0.5, 0.6) is 0 Å². The van der Waals surface area contributed by atoms with E-state index in [1.807, 2.05) is 45.9 Å². The number of rotatable bonds is 11. The lowest BCUT2D eigenvalue weighted by Crippen LogP contribution is -2.40. The van der Waals surface area contributed by atoms with Crippen molar-refractivity contribution in [3.8, 4) is 11.3 Å². The maximum atomic E-state index is 16.2. The summed E-state index contributed by atoms with van der Waals surface area (Å²) < 4.78 is 55.4. The summed E-state index contributed by atoms with van der Waals surface area (Å²) in [5.41, 5.74) is 1.31. The van der Waals surface area contributed by atoms with Gasteiger partial charge in [0.05, 0.1) is 23.3 Å². The highest BCUT2D eigenvalue weighted by atomic mass is 32.2. The van der Waals surface area contributed by atoms with E-state index in [0.717, 1.165) is 11.1 Å². The fraction of sp³-hybridized carbons (Fsp3) is 0.438. The van der Waals surface area contributed by atoms with Gasteiger partial charge in [-0.3, -0.25) is 0 Å². The second kappa shape index (κ2) is 14.1. The summed E-state index contributed by atoms with van der Waals surface area (Å²) in [6.07, 6.45) is 0.410. The zero-order valence-electron chi connectivity index (χ0n) is 26.4. The topological polar surface area (TPSA) is 137 Å². The van der Waals surface area contributed by atoms with Gasteiger partial charge < -0.3 is 14.8 Å². The van der Waals surface area contributed by atoms with Crippen molar-refractivity contribution in [2.75, 3.05) is 11.8 Å². The predicted octanol–water partition coefficient (Wildman–Crippen LogP) is 6.36. The number of carbonyl (C=O) groups excluding carboxylic acids is 2. The van der Waals surface area contributed by atoms with Crippen LogP contribution in [0.15, 0.2) is 47.4 Å². The van der Waals surface area contributed by atoms with Gasteiger partial charge in [0.1, 0.15) is 11.3 Å². The Bertz CT molecular complexity index is 1600. The number of alkyl carbamates (subject to hydrolysis) is 1. The van der Waals surface area contributed by atoms with Gasteiger partial charge in [-0.05, 0) is 89.1 Å². The summed E-state index contributed by atoms with van der Waals surface area (Å²) >= 11 is 0. The molecule has 10 nitrogen and oxygen atoms in total. The molecule has 0 saturated heterocycles. The minimum absolute atomic E-state index is 0.0154. The van der Waals surface area contributed by atoms with Crippen LogP contribution >= 0.6 is 0 Å². The molecule has 238 valence electrons. The van der Waals surface area contributed by atoms with Crippen molar-refractivity contribution in [2.45, 2.75) is 84.3 Å². The maximum absolute atomic E-state index is 16.2. The molecule has 3 rings (SSSR count).